The van der Waals surface area contributed by atoms with Gasteiger partial charge in [-0.05, 0) is 37.2 Å². The molecule has 0 atom stereocenters. The zero-order valence-corrected chi connectivity index (χ0v) is 12.4. The summed E-state index contributed by atoms with van der Waals surface area (Å²) in [6, 6.07) is 3.10. The summed E-state index contributed by atoms with van der Waals surface area (Å²) < 4.78 is 0. The Morgan fingerprint density at radius 2 is 1.86 bits per heavy atom. The van der Waals surface area contributed by atoms with Crippen molar-refractivity contribution in [3.8, 4) is 17.2 Å². The molecule has 21 heavy (non-hydrogen) atoms. The molecule has 1 fully saturated rings. The van der Waals surface area contributed by atoms with Gasteiger partial charge in [-0.3, -0.25) is 5.43 Å². The van der Waals surface area contributed by atoms with Crippen molar-refractivity contribution in [2.24, 2.45) is 5.10 Å². The number of rotatable bonds is 3. The normalized spacial score (nSPS) is 16.0. The second-order valence-electron chi connectivity index (χ2n) is 5.05. The molecule has 2 rings (SSSR count). The van der Waals surface area contributed by atoms with Gasteiger partial charge in [0, 0.05) is 11.6 Å². The number of phenols is 3. The molecule has 0 saturated heterocycles. The zero-order valence-electron chi connectivity index (χ0n) is 11.5. The van der Waals surface area contributed by atoms with Crippen LogP contribution in [-0.2, 0) is 0 Å². The molecule has 1 aliphatic rings. The summed E-state index contributed by atoms with van der Waals surface area (Å²) >= 11 is 5.14. The van der Waals surface area contributed by atoms with Gasteiger partial charge in [0.15, 0.2) is 16.6 Å². The highest BCUT2D eigenvalue weighted by Crippen LogP contribution is 2.36. The SMILES string of the molecule is Oc1ccc(/C=N/NC(=S)NC2CCCCC2)c(O)c1O. The van der Waals surface area contributed by atoms with E-state index >= 15 is 0 Å². The molecular formula is C14H19N3O3S. The number of thiocarbonyl (C=S) groups is 1. The predicted octanol–water partition coefficient (Wildman–Crippen LogP) is 1.93. The Bertz CT molecular complexity index is 543. The van der Waals surface area contributed by atoms with Gasteiger partial charge in [-0.1, -0.05) is 19.3 Å². The van der Waals surface area contributed by atoms with Crippen LogP contribution in [0.15, 0.2) is 17.2 Å². The molecule has 1 saturated carbocycles. The lowest BCUT2D eigenvalue weighted by atomic mass is 9.96. The number of benzene rings is 1. The van der Waals surface area contributed by atoms with E-state index in [0.29, 0.717) is 11.2 Å². The topological polar surface area (TPSA) is 97.1 Å². The predicted molar refractivity (Wildman–Crippen MR) is 84.8 cm³/mol. The van der Waals surface area contributed by atoms with Crippen LogP contribution in [0.4, 0.5) is 0 Å². The van der Waals surface area contributed by atoms with Crippen LogP contribution in [0.1, 0.15) is 37.7 Å². The molecule has 0 aromatic heterocycles. The fourth-order valence-electron chi connectivity index (χ4n) is 2.31. The minimum Gasteiger partial charge on any atom is -0.504 e. The molecule has 1 aliphatic carbocycles. The Morgan fingerprint density at radius 1 is 1.14 bits per heavy atom. The molecule has 0 amide bonds. The highest BCUT2D eigenvalue weighted by Gasteiger charge is 2.13. The minimum absolute atomic E-state index is 0.276. The van der Waals surface area contributed by atoms with Crippen molar-refractivity contribution in [1.82, 2.24) is 10.7 Å². The third kappa shape index (κ3) is 4.22. The molecule has 5 N–H and O–H groups in total. The summed E-state index contributed by atoms with van der Waals surface area (Å²) in [5.41, 5.74) is 2.95. The fraction of sp³-hybridized carbons (Fsp3) is 0.429. The second-order valence-corrected chi connectivity index (χ2v) is 5.46. The van der Waals surface area contributed by atoms with Crippen molar-refractivity contribution >= 4 is 23.5 Å². The van der Waals surface area contributed by atoms with Crippen molar-refractivity contribution in [2.75, 3.05) is 0 Å². The van der Waals surface area contributed by atoms with E-state index in [2.05, 4.69) is 15.8 Å². The van der Waals surface area contributed by atoms with Gasteiger partial charge in [0.2, 0.25) is 5.75 Å². The van der Waals surface area contributed by atoms with Crippen molar-refractivity contribution in [3.63, 3.8) is 0 Å². The van der Waals surface area contributed by atoms with Crippen LogP contribution in [0, 0.1) is 0 Å². The van der Waals surface area contributed by atoms with E-state index in [1.165, 1.54) is 37.6 Å². The first-order valence-electron chi connectivity index (χ1n) is 6.91. The summed E-state index contributed by atoms with van der Waals surface area (Å²) in [6.45, 7) is 0. The van der Waals surface area contributed by atoms with Crippen molar-refractivity contribution < 1.29 is 15.3 Å². The summed E-state index contributed by atoms with van der Waals surface area (Å²) in [7, 11) is 0. The molecule has 114 valence electrons. The number of hydrazone groups is 1. The van der Waals surface area contributed by atoms with Crippen LogP contribution >= 0.6 is 12.2 Å². The van der Waals surface area contributed by atoms with E-state index in [1.807, 2.05) is 0 Å². The average Bonchev–Trinajstić information content (AvgIpc) is 2.48. The highest BCUT2D eigenvalue weighted by atomic mass is 32.1. The first-order chi connectivity index (χ1) is 10.1. The smallest absolute Gasteiger partial charge is 0.200 e. The van der Waals surface area contributed by atoms with Gasteiger partial charge in [0.25, 0.3) is 0 Å². The lowest BCUT2D eigenvalue weighted by Crippen LogP contribution is -2.40. The zero-order chi connectivity index (χ0) is 15.2. The maximum absolute atomic E-state index is 9.63. The molecule has 0 spiro atoms. The number of nitrogens with zero attached hydrogens (tertiary/aromatic N) is 1. The molecule has 0 heterocycles. The Balaban J connectivity index is 1.87. The summed E-state index contributed by atoms with van der Waals surface area (Å²) in [5, 5.41) is 35.8. The van der Waals surface area contributed by atoms with Crippen molar-refractivity contribution in [2.45, 2.75) is 38.1 Å². The number of aromatic hydroxyl groups is 3. The van der Waals surface area contributed by atoms with Crippen LogP contribution in [0.25, 0.3) is 0 Å². The van der Waals surface area contributed by atoms with Gasteiger partial charge in [-0.15, -0.1) is 0 Å². The molecule has 0 aliphatic heterocycles. The van der Waals surface area contributed by atoms with Gasteiger partial charge in [-0.2, -0.15) is 5.10 Å². The Morgan fingerprint density at radius 3 is 2.57 bits per heavy atom. The lowest BCUT2D eigenvalue weighted by molar-refractivity contribution is 0.367. The summed E-state index contributed by atoms with van der Waals surface area (Å²) in [6.07, 6.45) is 7.24. The van der Waals surface area contributed by atoms with E-state index in [0.717, 1.165) is 12.8 Å². The molecule has 0 unspecified atom stereocenters. The van der Waals surface area contributed by atoms with Crippen LogP contribution in [0.5, 0.6) is 17.2 Å². The van der Waals surface area contributed by atoms with E-state index < -0.39 is 11.5 Å². The van der Waals surface area contributed by atoms with E-state index in [1.54, 1.807) is 0 Å². The molecule has 1 aromatic carbocycles. The molecule has 1 aromatic rings. The number of phenolic OH excluding ortho intramolecular Hbond substituents is 3. The van der Waals surface area contributed by atoms with Crippen LogP contribution in [0.3, 0.4) is 0 Å². The molecular weight excluding hydrogens is 290 g/mol. The number of nitrogens with one attached hydrogen (secondary N) is 2. The van der Waals surface area contributed by atoms with Crippen LogP contribution in [-0.4, -0.2) is 32.7 Å². The monoisotopic (exact) mass is 309 g/mol. The average molecular weight is 309 g/mol. The number of hydrogen-bond acceptors (Lipinski definition) is 5. The van der Waals surface area contributed by atoms with Gasteiger partial charge >= 0.3 is 0 Å². The highest BCUT2D eigenvalue weighted by molar-refractivity contribution is 7.80. The van der Waals surface area contributed by atoms with Crippen molar-refractivity contribution in [3.05, 3.63) is 17.7 Å². The van der Waals surface area contributed by atoms with Crippen LogP contribution < -0.4 is 10.7 Å². The third-order valence-corrected chi connectivity index (χ3v) is 3.68. The van der Waals surface area contributed by atoms with Gasteiger partial charge < -0.3 is 20.6 Å². The second kappa shape index (κ2) is 7.12. The quantitative estimate of drug-likeness (QED) is 0.253. The standard InChI is InChI=1S/C14H19N3O3S/c18-11-7-6-9(12(19)13(11)20)8-15-17-14(21)16-10-4-2-1-3-5-10/h6-8,10,18-20H,1-5H2,(H2,16,17,21)/b15-8+. The molecule has 0 bridgehead atoms. The Hall–Kier alpha value is -2.02. The first-order valence-corrected chi connectivity index (χ1v) is 7.32. The minimum atomic E-state index is -0.568. The van der Waals surface area contributed by atoms with E-state index in [-0.39, 0.29) is 11.3 Å². The maximum atomic E-state index is 9.63. The summed E-state index contributed by atoms with van der Waals surface area (Å²) in [5.74, 6) is -1.37. The van der Waals surface area contributed by atoms with Gasteiger partial charge in [0.05, 0.1) is 6.21 Å². The molecule has 6 nitrogen and oxygen atoms in total. The van der Waals surface area contributed by atoms with E-state index in [4.69, 9.17) is 12.2 Å². The van der Waals surface area contributed by atoms with Gasteiger partial charge in [0.1, 0.15) is 0 Å². The summed E-state index contributed by atoms with van der Waals surface area (Å²) in [4.78, 5) is 0. The third-order valence-electron chi connectivity index (χ3n) is 3.47. The number of hydrogen-bond donors (Lipinski definition) is 5. The molecule has 0 radical (unpaired) electrons. The van der Waals surface area contributed by atoms with Crippen molar-refractivity contribution in [1.29, 1.82) is 0 Å². The Labute approximate surface area is 128 Å². The van der Waals surface area contributed by atoms with Crippen LogP contribution in [0.2, 0.25) is 0 Å². The van der Waals surface area contributed by atoms with E-state index in [9.17, 15) is 15.3 Å². The lowest BCUT2D eigenvalue weighted by Gasteiger charge is -2.23. The maximum Gasteiger partial charge on any atom is 0.200 e. The van der Waals surface area contributed by atoms with Gasteiger partial charge in [-0.25, -0.2) is 0 Å². The fourth-order valence-corrected chi connectivity index (χ4v) is 2.53. The largest absolute Gasteiger partial charge is 0.504 e. The molecule has 7 heteroatoms. The first kappa shape index (κ1) is 15.4. The Kier molecular flexibility index (Phi) is 5.21.